The number of rotatable bonds is 11. The molecule has 0 aliphatic rings. The second kappa shape index (κ2) is 13.0. The van der Waals surface area contributed by atoms with Crippen LogP contribution < -0.4 is 14.4 Å². The highest BCUT2D eigenvalue weighted by Gasteiger charge is 2.34. The molecule has 9 heteroatoms. The summed E-state index contributed by atoms with van der Waals surface area (Å²) >= 11 is 0. The zero-order valence-corrected chi connectivity index (χ0v) is 25.1. The van der Waals surface area contributed by atoms with Crippen LogP contribution in [0.25, 0.3) is 0 Å². The van der Waals surface area contributed by atoms with Crippen molar-refractivity contribution >= 4 is 27.5 Å². The fourth-order valence-electron chi connectivity index (χ4n) is 4.22. The minimum Gasteiger partial charge on any atom is -0.495 e. The van der Waals surface area contributed by atoms with E-state index in [4.69, 9.17) is 4.74 Å². The second-order valence-corrected chi connectivity index (χ2v) is 12.2. The minimum absolute atomic E-state index is 0.0464. The van der Waals surface area contributed by atoms with Crippen LogP contribution in [-0.2, 0) is 26.2 Å². The number of ether oxygens (including phenoxy) is 1. The molecule has 40 heavy (non-hydrogen) atoms. The van der Waals surface area contributed by atoms with E-state index in [-0.39, 0.29) is 29.1 Å². The summed E-state index contributed by atoms with van der Waals surface area (Å²) in [5, 5.41) is 2.86. The number of benzene rings is 3. The number of hydrogen-bond acceptors (Lipinski definition) is 5. The topological polar surface area (TPSA) is 96.0 Å². The van der Waals surface area contributed by atoms with Gasteiger partial charge in [-0.2, -0.15) is 0 Å². The number of nitrogens with one attached hydrogen (secondary N) is 1. The zero-order chi connectivity index (χ0) is 29.6. The number of hydrogen-bond donors (Lipinski definition) is 1. The summed E-state index contributed by atoms with van der Waals surface area (Å²) in [4.78, 5) is 28.5. The monoisotopic (exact) mass is 565 g/mol. The molecule has 2 amide bonds. The van der Waals surface area contributed by atoms with Crippen LogP contribution in [0.1, 0.15) is 43.0 Å². The predicted octanol–water partition coefficient (Wildman–Crippen LogP) is 4.76. The first-order valence-electron chi connectivity index (χ1n) is 13.2. The summed E-state index contributed by atoms with van der Waals surface area (Å²) in [7, 11) is -2.73. The molecule has 0 radical (unpaired) electrons. The molecular weight excluding hydrogens is 526 g/mol. The van der Waals surface area contributed by atoms with Crippen molar-refractivity contribution in [3.8, 4) is 5.75 Å². The Bertz CT molecular complexity index is 1430. The van der Waals surface area contributed by atoms with E-state index >= 15 is 0 Å². The van der Waals surface area contributed by atoms with Gasteiger partial charge in [0.15, 0.2) is 0 Å². The van der Waals surface area contributed by atoms with Gasteiger partial charge in [-0.25, -0.2) is 8.42 Å². The molecule has 0 aromatic heterocycles. The lowest BCUT2D eigenvalue weighted by Gasteiger charge is -2.32. The zero-order valence-electron chi connectivity index (χ0n) is 24.3. The molecule has 3 rings (SSSR count). The van der Waals surface area contributed by atoms with Crippen molar-refractivity contribution in [3.05, 3.63) is 89.0 Å². The number of sulfonamides is 1. The lowest BCUT2D eigenvalue weighted by Crippen LogP contribution is -2.52. The van der Waals surface area contributed by atoms with Crippen molar-refractivity contribution in [1.29, 1.82) is 0 Å². The maximum Gasteiger partial charge on any atom is 0.264 e. The highest BCUT2D eigenvalue weighted by atomic mass is 32.2. The van der Waals surface area contributed by atoms with Crippen molar-refractivity contribution in [3.63, 3.8) is 0 Å². The van der Waals surface area contributed by atoms with Crippen LogP contribution >= 0.6 is 0 Å². The normalized spacial score (nSPS) is 12.1. The van der Waals surface area contributed by atoms with Crippen molar-refractivity contribution in [2.75, 3.05) is 18.0 Å². The van der Waals surface area contributed by atoms with E-state index in [1.807, 2.05) is 65.0 Å². The van der Waals surface area contributed by atoms with Crippen LogP contribution in [0.15, 0.2) is 71.6 Å². The van der Waals surface area contributed by atoms with Gasteiger partial charge < -0.3 is 15.0 Å². The van der Waals surface area contributed by atoms with E-state index in [9.17, 15) is 18.0 Å². The van der Waals surface area contributed by atoms with Crippen LogP contribution in [0.2, 0.25) is 0 Å². The van der Waals surface area contributed by atoms with Gasteiger partial charge in [0.05, 0.1) is 17.7 Å². The molecule has 1 atom stereocenters. The predicted molar refractivity (Wildman–Crippen MR) is 158 cm³/mol. The summed E-state index contributed by atoms with van der Waals surface area (Å²) < 4.78 is 34.7. The standard InChI is InChI=1S/C31H39N3O5S/c1-21(2)32-31(36)25(6)33(19-26-13-8-22(3)9-14-26)30(35)20-34(28-18-24(5)12-17-29(28)39-7)40(37,38)27-15-10-23(4)11-16-27/h8-18,21,25H,19-20H2,1-7H3,(H,32,36)/t25-/m0/s1. The van der Waals surface area contributed by atoms with Crippen LogP contribution in [0.5, 0.6) is 5.75 Å². The van der Waals surface area contributed by atoms with E-state index in [0.717, 1.165) is 26.6 Å². The molecular formula is C31H39N3O5S. The molecule has 0 saturated heterocycles. The van der Waals surface area contributed by atoms with Gasteiger partial charge in [0.25, 0.3) is 10.0 Å². The lowest BCUT2D eigenvalue weighted by molar-refractivity contribution is -0.139. The summed E-state index contributed by atoms with van der Waals surface area (Å²) in [5.74, 6) is -0.535. The Labute approximate surface area is 238 Å². The first-order chi connectivity index (χ1) is 18.8. The molecule has 3 aromatic rings. The van der Waals surface area contributed by atoms with Gasteiger partial charge in [-0.3, -0.25) is 13.9 Å². The van der Waals surface area contributed by atoms with Crippen LogP contribution in [0, 0.1) is 20.8 Å². The maximum atomic E-state index is 14.0. The molecule has 8 nitrogen and oxygen atoms in total. The van der Waals surface area contributed by atoms with Crippen LogP contribution in [0.4, 0.5) is 5.69 Å². The molecule has 1 N–H and O–H groups in total. The molecule has 0 bridgehead atoms. The Hall–Kier alpha value is -3.85. The van der Waals surface area contributed by atoms with E-state index in [2.05, 4.69) is 5.32 Å². The Morgan fingerprint density at radius 3 is 1.95 bits per heavy atom. The van der Waals surface area contributed by atoms with E-state index in [1.165, 1.54) is 24.1 Å². The Morgan fingerprint density at radius 1 is 0.850 bits per heavy atom. The van der Waals surface area contributed by atoms with E-state index < -0.39 is 28.5 Å². The quantitative estimate of drug-likeness (QED) is 0.362. The van der Waals surface area contributed by atoms with Gasteiger partial charge in [-0.1, -0.05) is 53.6 Å². The fourth-order valence-corrected chi connectivity index (χ4v) is 5.64. The fraction of sp³-hybridized carbons (Fsp3) is 0.355. The molecule has 0 spiro atoms. The lowest BCUT2D eigenvalue weighted by atomic mass is 10.1. The van der Waals surface area contributed by atoms with Crippen LogP contribution in [0.3, 0.4) is 0 Å². The second-order valence-electron chi connectivity index (χ2n) is 10.3. The molecule has 0 saturated carbocycles. The number of carbonyl (C=O) groups is 2. The molecule has 0 fully saturated rings. The minimum atomic E-state index is -4.19. The number of methoxy groups -OCH3 is 1. The maximum absolute atomic E-state index is 14.0. The van der Waals surface area contributed by atoms with Gasteiger partial charge in [-0.05, 0) is 76.9 Å². The summed E-state index contributed by atoms with van der Waals surface area (Å²) in [6, 6.07) is 18.3. The number of amides is 2. The first-order valence-corrected chi connectivity index (χ1v) is 14.7. The van der Waals surface area contributed by atoms with Gasteiger partial charge in [0.1, 0.15) is 18.3 Å². The SMILES string of the molecule is COc1ccc(C)cc1N(CC(=O)N(Cc1ccc(C)cc1)[C@@H](C)C(=O)NC(C)C)S(=O)(=O)c1ccc(C)cc1. The molecule has 0 aliphatic heterocycles. The van der Waals surface area contributed by atoms with E-state index in [1.54, 1.807) is 31.2 Å². The number of carbonyl (C=O) groups excluding carboxylic acids is 2. The Balaban J connectivity index is 2.10. The number of nitrogens with zero attached hydrogens (tertiary/aromatic N) is 2. The third kappa shape index (κ3) is 7.41. The van der Waals surface area contributed by atoms with Crippen molar-refractivity contribution in [2.45, 2.75) is 65.1 Å². The molecule has 0 aliphatic carbocycles. The highest BCUT2D eigenvalue weighted by Crippen LogP contribution is 2.34. The number of anilines is 1. The van der Waals surface area contributed by atoms with E-state index in [0.29, 0.717) is 5.75 Å². The average molecular weight is 566 g/mol. The largest absolute Gasteiger partial charge is 0.495 e. The van der Waals surface area contributed by atoms with Crippen molar-refractivity contribution < 1.29 is 22.7 Å². The van der Waals surface area contributed by atoms with Gasteiger partial charge >= 0.3 is 0 Å². The Kier molecular flexibility index (Phi) is 9.98. The van der Waals surface area contributed by atoms with Crippen LogP contribution in [-0.4, -0.2) is 50.9 Å². The summed E-state index contributed by atoms with van der Waals surface area (Å²) in [5.41, 5.74) is 3.84. The third-order valence-corrected chi connectivity index (χ3v) is 8.34. The van der Waals surface area contributed by atoms with Gasteiger partial charge in [-0.15, -0.1) is 0 Å². The van der Waals surface area contributed by atoms with Crippen molar-refractivity contribution in [2.24, 2.45) is 0 Å². The third-order valence-electron chi connectivity index (χ3n) is 6.56. The smallest absolute Gasteiger partial charge is 0.264 e. The van der Waals surface area contributed by atoms with Gasteiger partial charge in [0.2, 0.25) is 11.8 Å². The number of aryl methyl sites for hydroxylation is 3. The highest BCUT2D eigenvalue weighted by molar-refractivity contribution is 7.92. The summed E-state index contributed by atoms with van der Waals surface area (Å²) in [6.07, 6.45) is 0. The van der Waals surface area contributed by atoms with Crippen molar-refractivity contribution in [1.82, 2.24) is 10.2 Å². The van der Waals surface area contributed by atoms with Gasteiger partial charge in [0, 0.05) is 12.6 Å². The average Bonchev–Trinajstić information content (AvgIpc) is 2.90. The molecule has 0 heterocycles. The molecule has 214 valence electrons. The molecule has 3 aromatic carbocycles. The Morgan fingerprint density at radius 2 is 1.40 bits per heavy atom. The summed E-state index contributed by atoms with van der Waals surface area (Å²) in [6.45, 7) is 10.6. The molecule has 0 unspecified atom stereocenters. The first kappa shape index (κ1) is 30.7.